The molecule has 1 heterocycles. The minimum Gasteiger partial charge on any atom is -0.329 e. The van der Waals surface area contributed by atoms with Crippen molar-refractivity contribution < 1.29 is 4.79 Å². The van der Waals surface area contributed by atoms with E-state index in [2.05, 4.69) is 10.3 Å². The molecule has 0 aliphatic rings. The molecule has 1 amide bonds. The van der Waals surface area contributed by atoms with Gasteiger partial charge in [0.1, 0.15) is 0 Å². The second kappa shape index (κ2) is 4.80. The highest BCUT2D eigenvalue weighted by atomic mass is 35.5. The molecule has 0 unspecified atom stereocenters. The number of carbonyl (C=O) groups is 1. The number of amides is 1. The molecule has 0 aliphatic carbocycles. The van der Waals surface area contributed by atoms with Crippen LogP contribution in [0.1, 0.15) is 19.4 Å². The fourth-order valence-corrected chi connectivity index (χ4v) is 1.17. The highest BCUT2D eigenvalue weighted by Gasteiger charge is 2.26. The van der Waals surface area contributed by atoms with Crippen molar-refractivity contribution in [1.82, 2.24) is 4.98 Å². The number of aromatic nitrogens is 1. The van der Waals surface area contributed by atoms with Crippen LogP contribution in [0.5, 0.6) is 0 Å². The van der Waals surface area contributed by atoms with Gasteiger partial charge in [0.15, 0.2) is 5.15 Å². The molecule has 0 fully saturated rings. The number of anilines is 1. The summed E-state index contributed by atoms with van der Waals surface area (Å²) < 4.78 is 0. The highest BCUT2D eigenvalue weighted by molar-refractivity contribution is 6.32. The lowest BCUT2D eigenvalue weighted by molar-refractivity contribution is -0.123. The van der Waals surface area contributed by atoms with E-state index in [1.165, 1.54) is 0 Å². The number of nitrogens with one attached hydrogen (secondary N) is 1. The molecule has 16 heavy (non-hydrogen) atoms. The van der Waals surface area contributed by atoms with Gasteiger partial charge in [-0.15, -0.1) is 0 Å². The molecule has 0 aliphatic heterocycles. The molecule has 0 saturated carbocycles. The van der Waals surface area contributed by atoms with Gasteiger partial charge in [-0.2, -0.15) is 0 Å². The van der Waals surface area contributed by atoms with E-state index < -0.39 is 5.41 Å². The molecule has 0 atom stereocenters. The Kier molecular flexibility index (Phi) is 3.88. The van der Waals surface area contributed by atoms with E-state index in [0.29, 0.717) is 5.69 Å². The first-order valence-electron chi connectivity index (χ1n) is 5.00. The molecule has 1 aromatic heterocycles. The molecule has 0 aromatic carbocycles. The van der Waals surface area contributed by atoms with Crippen LogP contribution in [0.2, 0.25) is 5.15 Å². The first-order valence-corrected chi connectivity index (χ1v) is 5.38. The summed E-state index contributed by atoms with van der Waals surface area (Å²) in [7, 11) is 0. The van der Waals surface area contributed by atoms with E-state index in [9.17, 15) is 4.79 Å². The maximum atomic E-state index is 11.9. The topological polar surface area (TPSA) is 68.0 Å². The number of nitrogens with two attached hydrogens (primary N) is 1. The van der Waals surface area contributed by atoms with Gasteiger partial charge >= 0.3 is 0 Å². The van der Waals surface area contributed by atoms with Crippen LogP contribution in [0.4, 0.5) is 5.69 Å². The molecule has 88 valence electrons. The molecule has 0 saturated heterocycles. The summed E-state index contributed by atoms with van der Waals surface area (Å²) in [5.74, 6) is -0.163. The van der Waals surface area contributed by atoms with Crippen LogP contribution < -0.4 is 11.1 Å². The summed E-state index contributed by atoms with van der Waals surface area (Å²) in [5, 5.41) is 3.01. The molecule has 0 spiro atoms. The predicted molar refractivity (Wildman–Crippen MR) is 65.4 cm³/mol. The number of halogens is 1. The third-order valence-electron chi connectivity index (χ3n) is 2.35. The van der Waals surface area contributed by atoms with Crippen LogP contribution in [0.15, 0.2) is 12.3 Å². The Balaban J connectivity index is 2.89. The van der Waals surface area contributed by atoms with Crippen molar-refractivity contribution in [2.45, 2.75) is 20.8 Å². The van der Waals surface area contributed by atoms with Gasteiger partial charge in [-0.05, 0) is 32.4 Å². The van der Waals surface area contributed by atoms with Crippen molar-refractivity contribution in [3.8, 4) is 0 Å². The van der Waals surface area contributed by atoms with Gasteiger partial charge in [-0.25, -0.2) is 4.98 Å². The summed E-state index contributed by atoms with van der Waals surface area (Å²) in [5.41, 5.74) is 6.36. The maximum Gasteiger partial charge on any atom is 0.231 e. The Hall–Kier alpha value is -1.13. The van der Waals surface area contributed by atoms with Crippen LogP contribution in [0.3, 0.4) is 0 Å². The van der Waals surface area contributed by atoms with Crippen molar-refractivity contribution in [2.75, 3.05) is 11.9 Å². The van der Waals surface area contributed by atoms with Crippen molar-refractivity contribution in [3.05, 3.63) is 23.0 Å². The number of carbonyl (C=O) groups excluding carboxylic acids is 1. The second-order valence-electron chi connectivity index (χ2n) is 4.39. The molecule has 5 heteroatoms. The number of hydrogen-bond acceptors (Lipinski definition) is 3. The fraction of sp³-hybridized carbons (Fsp3) is 0.455. The van der Waals surface area contributed by atoms with E-state index in [4.69, 9.17) is 17.3 Å². The average molecular weight is 242 g/mol. The molecular formula is C11H16ClN3O. The van der Waals surface area contributed by atoms with Gasteiger partial charge in [0.2, 0.25) is 5.91 Å². The molecule has 0 radical (unpaired) electrons. The minimum atomic E-state index is -0.618. The number of pyridine rings is 1. The monoisotopic (exact) mass is 241 g/mol. The fourth-order valence-electron chi connectivity index (χ4n) is 1.02. The van der Waals surface area contributed by atoms with Gasteiger partial charge < -0.3 is 11.1 Å². The zero-order chi connectivity index (χ0) is 12.3. The normalized spacial score (nSPS) is 11.3. The van der Waals surface area contributed by atoms with Gasteiger partial charge in [0.25, 0.3) is 0 Å². The number of hydrogen-bond donors (Lipinski definition) is 2. The Morgan fingerprint density at radius 1 is 1.62 bits per heavy atom. The smallest absolute Gasteiger partial charge is 0.231 e. The van der Waals surface area contributed by atoms with E-state index in [0.717, 1.165) is 5.56 Å². The van der Waals surface area contributed by atoms with Crippen LogP contribution in [0.25, 0.3) is 0 Å². The van der Waals surface area contributed by atoms with E-state index in [1.807, 2.05) is 6.92 Å². The minimum absolute atomic E-state index is 0.163. The average Bonchev–Trinajstić information content (AvgIpc) is 2.23. The summed E-state index contributed by atoms with van der Waals surface area (Å²) in [6.07, 6.45) is 1.64. The SMILES string of the molecule is Cc1cnc(Cl)c(NC(=O)C(C)(C)CN)c1. The quantitative estimate of drug-likeness (QED) is 0.795. The molecule has 1 aromatic rings. The first kappa shape index (κ1) is 12.9. The van der Waals surface area contributed by atoms with Crippen molar-refractivity contribution >= 4 is 23.2 Å². The van der Waals surface area contributed by atoms with Crippen molar-refractivity contribution in [1.29, 1.82) is 0 Å². The van der Waals surface area contributed by atoms with Crippen LogP contribution in [-0.4, -0.2) is 17.4 Å². The molecule has 3 N–H and O–H groups in total. The van der Waals surface area contributed by atoms with E-state index in [-0.39, 0.29) is 17.6 Å². The van der Waals surface area contributed by atoms with E-state index >= 15 is 0 Å². The van der Waals surface area contributed by atoms with Crippen molar-refractivity contribution in [2.24, 2.45) is 11.1 Å². The maximum absolute atomic E-state index is 11.9. The zero-order valence-electron chi connectivity index (χ0n) is 9.67. The Morgan fingerprint density at radius 2 is 2.25 bits per heavy atom. The zero-order valence-corrected chi connectivity index (χ0v) is 10.4. The summed E-state index contributed by atoms with van der Waals surface area (Å²) in [4.78, 5) is 15.8. The highest BCUT2D eigenvalue weighted by Crippen LogP contribution is 2.23. The van der Waals surface area contributed by atoms with Crippen LogP contribution in [0, 0.1) is 12.3 Å². The van der Waals surface area contributed by atoms with Gasteiger partial charge in [-0.1, -0.05) is 11.6 Å². The molecular weight excluding hydrogens is 226 g/mol. The molecule has 4 nitrogen and oxygen atoms in total. The lowest BCUT2D eigenvalue weighted by Crippen LogP contribution is -2.37. The van der Waals surface area contributed by atoms with Crippen molar-refractivity contribution in [3.63, 3.8) is 0 Å². The number of nitrogens with zero attached hydrogens (tertiary/aromatic N) is 1. The van der Waals surface area contributed by atoms with Crippen LogP contribution in [-0.2, 0) is 4.79 Å². The number of rotatable bonds is 3. The number of aryl methyl sites for hydroxylation is 1. The van der Waals surface area contributed by atoms with Gasteiger partial charge in [0.05, 0.1) is 11.1 Å². The molecule has 0 bridgehead atoms. The third-order valence-corrected chi connectivity index (χ3v) is 2.65. The summed E-state index contributed by atoms with van der Waals surface area (Å²) >= 11 is 5.88. The summed E-state index contributed by atoms with van der Waals surface area (Å²) in [6, 6.07) is 1.78. The third kappa shape index (κ3) is 2.93. The largest absolute Gasteiger partial charge is 0.329 e. The molecule has 1 rings (SSSR count). The summed E-state index contributed by atoms with van der Waals surface area (Å²) in [6.45, 7) is 5.71. The lowest BCUT2D eigenvalue weighted by Gasteiger charge is -2.21. The standard InChI is InChI=1S/C11H16ClN3O/c1-7-4-8(9(12)14-5-7)15-10(16)11(2,3)6-13/h4-5H,6,13H2,1-3H3,(H,15,16). The predicted octanol–water partition coefficient (Wildman–Crippen LogP) is 1.97. The lowest BCUT2D eigenvalue weighted by atomic mass is 9.92. The van der Waals surface area contributed by atoms with Crippen LogP contribution >= 0.6 is 11.6 Å². The Bertz CT molecular complexity index is 404. The van der Waals surface area contributed by atoms with E-state index in [1.54, 1.807) is 26.1 Å². The van der Waals surface area contributed by atoms with Gasteiger partial charge in [0, 0.05) is 12.7 Å². The van der Waals surface area contributed by atoms with Gasteiger partial charge in [-0.3, -0.25) is 4.79 Å². The first-order chi connectivity index (χ1) is 7.36. The Labute approximate surface area is 100 Å². The Morgan fingerprint density at radius 3 is 2.81 bits per heavy atom. The second-order valence-corrected chi connectivity index (χ2v) is 4.75.